The zero-order chi connectivity index (χ0) is 42.6. The Morgan fingerprint density at radius 3 is 1.05 bits per heavy atom. The van der Waals surface area contributed by atoms with Crippen molar-refractivity contribution in [2.75, 3.05) is 0 Å². The second kappa shape index (κ2) is 13.9. The van der Waals surface area contributed by atoms with Gasteiger partial charge < -0.3 is 13.7 Å². The summed E-state index contributed by atoms with van der Waals surface area (Å²) in [5, 5.41) is 12.4. The molecule has 14 rings (SSSR count). The van der Waals surface area contributed by atoms with Gasteiger partial charge in [-0.1, -0.05) is 152 Å². The van der Waals surface area contributed by atoms with Crippen LogP contribution in [0.4, 0.5) is 0 Å². The third kappa shape index (κ3) is 5.36. The lowest BCUT2D eigenvalue weighted by Gasteiger charge is -2.11. The van der Waals surface area contributed by atoms with Crippen LogP contribution in [0, 0.1) is 0 Å². The van der Waals surface area contributed by atoms with Crippen LogP contribution in [-0.4, -0.2) is 13.7 Å². The first kappa shape index (κ1) is 35.9. The third-order valence-corrected chi connectivity index (χ3v) is 13.8. The van der Waals surface area contributed by atoms with Gasteiger partial charge in [0, 0.05) is 49.4 Å². The highest BCUT2D eigenvalue weighted by molar-refractivity contribution is 6.15. The predicted molar refractivity (Wildman–Crippen MR) is 275 cm³/mol. The first-order valence-electron chi connectivity index (χ1n) is 22.4. The fourth-order valence-corrected chi connectivity index (χ4v) is 10.9. The normalized spacial score (nSPS) is 12.0. The maximum absolute atomic E-state index is 2.45. The monoisotopic (exact) mass is 825 g/mol. The molecule has 3 heterocycles. The lowest BCUT2D eigenvalue weighted by atomic mass is 9.97. The van der Waals surface area contributed by atoms with Crippen LogP contribution in [0.3, 0.4) is 0 Å². The van der Waals surface area contributed by atoms with Gasteiger partial charge in [-0.2, -0.15) is 0 Å². The molecule has 3 heteroatoms. The average Bonchev–Trinajstić information content (AvgIpc) is 4.01. The van der Waals surface area contributed by atoms with Crippen LogP contribution >= 0.6 is 0 Å². The minimum Gasteiger partial charge on any atom is -0.309 e. The first-order chi connectivity index (χ1) is 32.2. The molecule has 0 aliphatic rings. The van der Waals surface area contributed by atoms with E-state index in [9.17, 15) is 0 Å². The molecule has 14 aromatic rings. The molecule has 0 aliphatic heterocycles. The predicted octanol–water partition coefficient (Wildman–Crippen LogP) is 16.6. The van der Waals surface area contributed by atoms with E-state index in [2.05, 4.69) is 250 Å². The quantitative estimate of drug-likeness (QED) is 0.164. The van der Waals surface area contributed by atoms with Gasteiger partial charge in [0.15, 0.2) is 0 Å². The van der Waals surface area contributed by atoms with Crippen LogP contribution in [0.15, 0.2) is 237 Å². The van der Waals surface area contributed by atoms with Crippen LogP contribution in [0.2, 0.25) is 0 Å². The molecule has 0 saturated heterocycles. The average molecular weight is 826 g/mol. The van der Waals surface area contributed by atoms with Gasteiger partial charge in [-0.25, -0.2) is 0 Å². The summed E-state index contributed by atoms with van der Waals surface area (Å²) >= 11 is 0. The minimum absolute atomic E-state index is 1.14. The highest BCUT2D eigenvalue weighted by atomic mass is 15.0. The van der Waals surface area contributed by atoms with Gasteiger partial charge in [0.05, 0.1) is 33.1 Å². The Hall–Kier alpha value is -8.66. The summed E-state index contributed by atoms with van der Waals surface area (Å²) in [4.78, 5) is 0. The summed E-state index contributed by atoms with van der Waals surface area (Å²) in [6, 6.07) is 87.1. The summed E-state index contributed by atoms with van der Waals surface area (Å²) in [7, 11) is 0. The van der Waals surface area contributed by atoms with Crippen molar-refractivity contribution in [1.29, 1.82) is 0 Å². The summed E-state index contributed by atoms with van der Waals surface area (Å²) < 4.78 is 7.32. The zero-order valence-corrected chi connectivity index (χ0v) is 35.4. The molecule has 0 spiro atoms. The van der Waals surface area contributed by atoms with Gasteiger partial charge in [0.2, 0.25) is 0 Å². The van der Waals surface area contributed by atoms with Crippen molar-refractivity contribution in [2.24, 2.45) is 0 Å². The highest BCUT2D eigenvalue weighted by Gasteiger charge is 2.20. The maximum atomic E-state index is 2.45. The lowest BCUT2D eigenvalue weighted by Crippen LogP contribution is -1.96. The summed E-state index contributed by atoms with van der Waals surface area (Å²) in [6.07, 6.45) is 0. The van der Waals surface area contributed by atoms with Crippen LogP contribution < -0.4 is 0 Å². The van der Waals surface area contributed by atoms with E-state index in [1.807, 2.05) is 0 Å². The zero-order valence-electron chi connectivity index (χ0n) is 35.4. The molecule has 0 bridgehead atoms. The fraction of sp³-hybridized carbons (Fsp3) is 0. The Bertz CT molecular complexity index is 3970. The van der Waals surface area contributed by atoms with Crippen molar-refractivity contribution in [3.8, 4) is 39.3 Å². The molecule has 302 valence electrons. The molecule has 0 atom stereocenters. The van der Waals surface area contributed by atoms with E-state index in [1.54, 1.807) is 0 Å². The molecular formula is C62H39N3. The van der Waals surface area contributed by atoms with E-state index in [-0.39, 0.29) is 0 Å². The van der Waals surface area contributed by atoms with Crippen molar-refractivity contribution in [3.05, 3.63) is 237 Å². The molecule has 0 N–H and O–H groups in total. The molecule has 3 nitrogen and oxygen atoms in total. The number of benzene rings is 11. The van der Waals surface area contributed by atoms with E-state index in [0.717, 1.165) is 17.1 Å². The van der Waals surface area contributed by atoms with Crippen LogP contribution in [-0.2, 0) is 0 Å². The molecule has 0 fully saturated rings. The van der Waals surface area contributed by atoms with Gasteiger partial charge in [-0.15, -0.1) is 0 Å². The Morgan fingerprint density at radius 2 is 0.554 bits per heavy atom. The molecule has 11 aromatic carbocycles. The van der Waals surface area contributed by atoms with Crippen molar-refractivity contribution >= 4 is 87.0 Å². The smallest absolute Gasteiger partial charge is 0.0542 e. The van der Waals surface area contributed by atoms with Crippen LogP contribution in [0.25, 0.3) is 126 Å². The Labute approximate surface area is 374 Å². The minimum atomic E-state index is 1.14. The lowest BCUT2D eigenvalue weighted by molar-refractivity contribution is 1.16. The molecule has 3 aromatic heterocycles. The number of rotatable bonds is 5. The van der Waals surface area contributed by atoms with E-state index in [4.69, 9.17) is 0 Å². The SMILES string of the molecule is c1ccc(-n2c3ccc(-n4c5ccccc5c5cc(-c6cccc7ccccc67)ccc54)cc3c3cc(-n4c5ccccc5c5cc(-c6cccc7ccccc67)ccc54)ccc32)cc1. The van der Waals surface area contributed by atoms with Crippen LogP contribution in [0.1, 0.15) is 0 Å². The van der Waals surface area contributed by atoms with Gasteiger partial charge in [0.25, 0.3) is 0 Å². The topological polar surface area (TPSA) is 14.8 Å². The van der Waals surface area contributed by atoms with E-state index >= 15 is 0 Å². The summed E-state index contributed by atoms with van der Waals surface area (Å²) in [5.41, 5.74) is 15.5. The molecule has 0 amide bonds. The van der Waals surface area contributed by atoms with Gasteiger partial charge in [0.1, 0.15) is 0 Å². The van der Waals surface area contributed by atoms with Crippen molar-refractivity contribution in [3.63, 3.8) is 0 Å². The molecule has 0 unspecified atom stereocenters. The largest absolute Gasteiger partial charge is 0.309 e. The van der Waals surface area contributed by atoms with Crippen molar-refractivity contribution in [2.45, 2.75) is 0 Å². The molecule has 65 heavy (non-hydrogen) atoms. The Balaban J connectivity index is 0.986. The van der Waals surface area contributed by atoms with Gasteiger partial charge in [-0.3, -0.25) is 0 Å². The van der Waals surface area contributed by atoms with E-state index in [1.165, 1.54) is 109 Å². The number of fused-ring (bicyclic) bond motifs is 11. The second-order valence-corrected chi connectivity index (χ2v) is 17.3. The number of nitrogens with zero attached hydrogens (tertiary/aromatic N) is 3. The second-order valence-electron chi connectivity index (χ2n) is 17.3. The Morgan fingerprint density at radius 1 is 0.200 bits per heavy atom. The Kier molecular flexibility index (Phi) is 7.69. The summed E-state index contributed by atoms with van der Waals surface area (Å²) in [5.74, 6) is 0. The highest BCUT2D eigenvalue weighted by Crippen LogP contribution is 2.42. The third-order valence-electron chi connectivity index (χ3n) is 13.8. The molecule has 0 radical (unpaired) electrons. The number of para-hydroxylation sites is 3. The molecular weight excluding hydrogens is 787 g/mol. The van der Waals surface area contributed by atoms with Gasteiger partial charge in [-0.05, 0) is 129 Å². The maximum Gasteiger partial charge on any atom is 0.0542 e. The van der Waals surface area contributed by atoms with Crippen LogP contribution in [0.5, 0.6) is 0 Å². The summed E-state index contributed by atoms with van der Waals surface area (Å²) in [6.45, 7) is 0. The standard InChI is InChI=1S/C62H39N3/c1-2-18-44(19-3-1)63-61-34-30-45(64-57-26-10-8-22-51(57)53-36-42(28-32-59(53)64)49-24-12-16-40-14-4-6-20-47(40)49)38-55(61)56-39-46(31-35-62(56)63)65-58-27-11-9-23-52(58)54-37-43(29-33-60(54)65)50-25-13-17-41-15-5-7-21-48(41)50/h1-39H. The number of aromatic nitrogens is 3. The van der Waals surface area contributed by atoms with Crippen molar-refractivity contribution < 1.29 is 0 Å². The van der Waals surface area contributed by atoms with Gasteiger partial charge >= 0.3 is 0 Å². The molecule has 0 saturated carbocycles. The molecule has 0 aliphatic carbocycles. The van der Waals surface area contributed by atoms with Crippen molar-refractivity contribution in [1.82, 2.24) is 13.7 Å². The fourth-order valence-electron chi connectivity index (χ4n) is 10.9. The van der Waals surface area contributed by atoms with E-state index in [0.29, 0.717) is 0 Å². The van der Waals surface area contributed by atoms with E-state index < -0.39 is 0 Å². The number of hydrogen-bond acceptors (Lipinski definition) is 0. The first-order valence-corrected chi connectivity index (χ1v) is 22.4. The number of hydrogen-bond donors (Lipinski definition) is 0.